The predicted octanol–water partition coefficient (Wildman–Crippen LogP) is 3.59. The molecule has 1 saturated heterocycles. The molecule has 6 heteroatoms. The van der Waals surface area contributed by atoms with Gasteiger partial charge in [0.2, 0.25) is 5.91 Å². The number of nitrogens with zero attached hydrogens (tertiary/aromatic N) is 1. The van der Waals surface area contributed by atoms with Gasteiger partial charge in [-0.05, 0) is 56.9 Å². The Morgan fingerprint density at radius 3 is 2.68 bits per heavy atom. The van der Waals surface area contributed by atoms with E-state index < -0.39 is 0 Å². The summed E-state index contributed by atoms with van der Waals surface area (Å²) in [6.07, 6.45) is 2.28. The van der Waals surface area contributed by atoms with Crippen LogP contribution in [0.3, 0.4) is 0 Å². The molecular weight excluding hydrogens is 338 g/mol. The molecule has 1 aliphatic rings. The Kier molecular flexibility index (Phi) is 5.33. The molecule has 1 aromatic carbocycles. The summed E-state index contributed by atoms with van der Waals surface area (Å²) in [5.74, 6) is 0.467. The first kappa shape index (κ1) is 17.8. The van der Waals surface area contributed by atoms with Crippen molar-refractivity contribution in [3.05, 3.63) is 35.0 Å². The maximum Gasteiger partial charge on any atom is 0.270 e. The summed E-state index contributed by atoms with van der Waals surface area (Å²) < 4.78 is 0. The standard InChI is InChI=1S/C19H24ClN3O2/c1-12(2)21-18(24)9-13-5-7-23(8-6-13)19(25)17-11-14-10-15(20)3-4-16(14)22-17/h3-4,10-13,22H,5-9H2,1-2H3,(H,21,24). The van der Waals surface area contributed by atoms with Crippen molar-refractivity contribution in [2.75, 3.05) is 13.1 Å². The number of carbonyl (C=O) groups excluding carboxylic acids is 2. The van der Waals surface area contributed by atoms with Gasteiger partial charge in [0.25, 0.3) is 5.91 Å². The van der Waals surface area contributed by atoms with E-state index in [1.807, 2.05) is 43.0 Å². The molecule has 1 aliphatic heterocycles. The number of hydrogen-bond acceptors (Lipinski definition) is 2. The van der Waals surface area contributed by atoms with Gasteiger partial charge in [0.1, 0.15) is 5.69 Å². The van der Waals surface area contributed by atoms with Crippen LogP contribution in [-0.4, -0.2) is 40.8 Å². The molecule has 2 aromatic rings. The second-order valence-corrected chi connectivity index (χ2v) is 7.51. The van der Waals surface area contributed by atoms with E-state index >= 15 is 0 Å². The molecule has 1 aromatic heterocycles. The summed E-state index contributed by atoms with van der Waals surface area (Å²) in [6, 6.07) is 7.57. The number of H-pyrrole nitrogens is 1. The Hall–Kier alpha value is -2.01. The number of amides is 2. The lowest BCUT2D eigenvalue weighted by Crippen LogP contribution is -2.40. The van der Waals surface area contributed by atoms with E-state index in [0.717, 1.165) is 23.7 Å². The minimum absolute atomic E-state index is 0.0115. The van der Waals surface area contributed by atoms with Crippen molar-refractivity contribution in [3.8, 4) is 0 Å². The first-order valence-corrected chi connectivity index (χ1v) is 9.17. The van der Waals surface area contributed by atoms with Crippen LogP contribution >= 0.6 is 11.6 Å². The molecule has 0 radical (unpaired) electrons. The molecule has 1 fully saturated rings. The lowest BCUT2D eigenvalue weighted by molar-refractivity contribution is -0.122. The summed E-state index contributed by atoms with van der Waals surface area (Å²) in [6.45, 7) is 5.31. The molecule has 0 saturated carbocycles. The summed E-state index contributed by atoms with van der Waals surface area (Å²) in [7, 11) is 0. The molecule has 0 unspecified atom stereocenters. The fraction of sp³-hybridized carbons (Fsp3) is 0.474. The number of piperidine rings is 1. The fourth-order valence-electron chi connectivity index (χ4n) is 3.37. The summed E-state index contributed by atoms with van der Waals surface area (Å²) in [5, 5.41) is 4.53. The molecule has 0 aliphatic carbocycles. The van der Waals surface area contributed by atoms with E-state index in [0.29, 0.717) is 36.1 Å². The molecule has 25 heavy (non-hydrogen) atoms. The van der Waals surface area contributed by atoms with Gasteiger partial charge in [0, 0.05) is 41.5 Å². The highest BCUT2D eigenvalue weighted by Gasteiger charge is 2.26. The number of nitrogens with one attached hydrogen (secondary N) is 2. The highest BCUT2D eigenvalue weighted by Crippen LogP contribution is 2.24. The van der Waals surface area contributed by atoms with Crippen molar-refractivity contribution < 1.29 is 9.59 Å². The van der Waals surface area contributed by atoms with Crippen LogP contribution in [0, 0.1) is 5.92 Å². The summed E-state index contributed by atoms with van der Waals surface area (Å²) in [5.41, 5.74) is 1.50. The van der Waals surface area contributed by atoms with Gasteiger partial charge in [0.15, 0.2) is 0 Å². The normalized spacial score (nSPS) is 15.8. The van der Waals surface area contributed by atoms with E-state index in [-0.39, 0.29) is 17.9 Å². The quantitative estimate of drug-likeness (QED) is 0.874. The lowest BCUT2D eigenvalue weighted by atomic mass is 9.93. The molecular formula is C19H24ClN3O2. The van der Waals surface area contributed by atoms with Crippen LogP contribution in [0.5, 0.6) is 0 Å². The average molecular weight is 362 g/mol. The highest BCUT2D eigenvalue weighted by atomic mass is 35.5. The van der Waals surface area contributed by atoms with Gasteiger partial charge < -0.3 is 15.2 Å². The molecule has 0 spiro atoms. The highest BCUT2D eigenvalue weighted by molar-refractivity contribution is 6.31. The van der Waals surface area contributed by atoms with Crippen LogP contribution in [0.15, 0.2) is 24.3 Å². The monoisotopic (exact) mass is 361 g/mol. The first-order valence-electron chi connectivity index (χ1n) is 8.79. The van der Waals surface area contributed by atoms with E-state index in [9.17, 15) is 9.59 Å². The third-order valence-corrected chi connectivity index (χ3v) is 4.87. The molecule has 5 nitrogen and oxygen atoms in total. The van der Waals surface area contributed by atoms with Gasteiger partial charge in [0.05, 0.1) is 0 Å². The summed E-state index contributed by atoms with van der Waals surface area (Å²) in [4.78, 5) is 29.6. The number of hydrogen-bond donors (Lipinski definition) is 2. The molecule has 2 heterocycles. The van der Waals surface area contributed by atoms with Crippen molar-refractivity contribution in [2.24, 2.45) is 5.92 Å². The van der Waals surface area contributed by atoms with Crippen LogP contribution in [0.1, 0.15) is 43.6 Å². The van der Waals surface area contributed by atoms with E-state index in [4.69, 9.17) is 11.6 Å². The first-order chi connectivity index (χ1) is 11.9. The van der Waals surface area contributed by atoms with Gasteiger partial charge >= 0.3 is 0 Å². The lowest BCUT2D eigenvalue weighted by Gasteiger charge is -2.31. The number of aromatic amines is 1. The number of aromatic nitrogens is 1. The fourth-order valence-corrected chi connectivity index (χ4v) is 3.55. The third-order valence-electron chi connectivity index (χ3n) is 4.64. The largest absolute Gasteiger partial charge is 0.354 e. The molecule has 2 N–H and O–H groups in total. The number of fused-ring (bicyclic) bond motifs is 1. The predicted molar refractivity (Wildman–Crippen MR) is 99.8 cm³/mol. The van der Waals surface area contributed by atoms with Crippen LogP contribution in [0.25, 0.3) is 10.9 Å². The Morgan fingerprint density at radius 1 is 1.28 bits per heavy atom. The van der Waals surface area contributed by atoms with E-state index in [2.05, 4.69) is 10.3 Å². The number of rotatable bonds is 4. The van der Waals surface area contributed by atoms with Gasteiger partial charge in [-0.15, -0.1) is 0 Å². The average Bonchev–Trinajstić information content (AvgIpc) is 2.97. The van der Waals surface area contributed by atoms with Crippen molar-refractivity contribution in [1.82, 2.24) is 15.2 Å². The number of likely N-dealkylation sites (tertiary alicyclic amines) is 1. The second-order valence-electron chi connectivity index (χ2n) is 7.08. The Morgan fingerprint density at radius 2 is 2.00 bits per heavy atom. The maximum absolute atomic E-state index is 12.7. The van der Waals surface area contributed by atoms with Crippen molar-refractivity contribution >= 4 is 34.3 Å². The Labute approximate surface area is 152 Å². The molecule has 134 valence electrons. The van der Waals surface area contributed by atoms with Gasteiger partial charge in [-0.1, -0.05) is 11.6 Å². The second kappa shape index (κ2) is 7.48. The van der Waals surface area contributed by atoms with Crippen molar-refractivity contribution in [3.63, 3.8) is 0 Å². The van der Waals surface area contributed by atoms with Crippen LogP contribution in [-0.2, 0) is 4.79 Å². The number of carbonyl (C=O) groups is 2. The van der Waals surface area contributed by atoms with Crippen LogP contribution < -0.4 is 5.32 Å². The van der Waals surface area contributed by atoms with Crippen molar-refractivity contribution in [1.29, 1.82) is 0 Å². The Balaban J connectivity index is 1.58. The zero-order chi connectivity index (χ0) is 18.0. The van der Waals surface area contributed by atoms with Gasteiger partial charge in [-0.3, -0.25) is 9.59 Å². The number of halogens is 1. The van der Waals surface area contributed by atoms with Crippen LogP contribution in [0.4, 0.5) is 0 Å². The van der Waals surface area contributed by atoms with Gasteiger partial charge in [-0.2, -0.15) is 0 Å². The molecule has 2 amide bonds. The zero-order valence-corrected chi connectivity index (χ0v) is 15.4. The topological polar surface area (TPSA) is 65.2 Å². The SMILES string of the molecule is CC(C)NC(=O)CC1CCN(C(=O)c2cc3cc(Cl)ccc3[nH]2)CC1. The zero-order valence-electron chi connectivity index (χ0n) is 14.6. The molecule has 3 rings (SSSR count). The smallest absolute Gasteiger partial charge is 0.270 e. The van der Waals surface area contributed by atoms with E-state index in [1.54, 1.807) is 0 Å². The van der Waals surface area contributed by atoms with Gasteiger partial charge in [-0.25, -0.2) is 0 Å². The molecule has 0 bridgehead atoms. The minimum atomic E-state index is 0.0115. The minimum Gasteiger partial charge on any atom is -0.354 e. The number of benzene rings is 1. The molecule has 0 atom stereocenters. The third kappa shape index (κ3) is 4.34. The summed E-state index contributed by atoms with van der Waals surface area (Å²) >= 11 is 6.00. The van der Waals surface area contributed by atoms with Crippen molar-refractivity contribution in [2.45, 2.75) is 39.2 Å². The van der Waals surface area contributed by atoms with Crippen LogP contribution in [0.2, 0.25) is 5.02 Å². The van der Waals surface area contributed by atoms with E-state index in [1.165, 1.54) is 0 Å². The maximum atomic E-state index is 12.7. The Bertz CT molecular complexity index is 776.